The lowest BCUT2D eigenvalue weighted by Crippen LogP contribution is -2.44. The van der Waals surface area contributed by atoms with Crippen molar-refractivity contribution in [3.63, 3.8) is 0 Å². The first-order chi connectivity index (χ1) is 16.2. The van der Waals surface area contributed by atoms with E-state index >= 15 is 0 Å². The molecule has 2 aromatic carbocycles. The Kier molecular flexibility index (Phi) is 8.50. The van der Waals surface area contributed by atoms with Crippen molar-refractivity contribution in [3.05, 3.63) is 83.7 Å². The largest absolute Gasteiger partial charge is 0.336 e. The van der Waals surface area contributed by atoms with Gasteiger partial charge in [0.2, 0.25) is 15.0 Å². The number of nitrogens with zero attached hydrogens (tertiary/aromatic N) is 3. The van der Waals surface area contributed by atoms with E-state index in [4.69, 9.17) is 0 Å². The standard InChI is InChI=1S/C26H34N4O3S/c1-20(2)16-29(25(31)28-21(3)4)18-24-15-27-26(30(24)17-22-11-7-5-8-12-22)34(32,33)19-23-13-9-6-10-14-23/h5-15,20-21H,16-19H2,1-4H3,(H,28,31). The second-order valence-electron chi connectivity index (χ2n) is 9.23. The first kappa shape index (κ1) is 25.5. The highest BCUT2D eigenvalue weighted by Gasteiger charge is 2.26. The Bertz CT molecular complexity index is 1170. The average molecular weight is 483 g/mol. The number of hydrogen-bond acceptors (Lipinski definition) is 4. The summed E-state index contributed by atoms with van der Waals surface area (Å²) in [6.07, 6.45) is 1.58. The van der Waals surface area contributed by atoms with Crippen LogP contribution in [0.1, 0.15) is 44.5 Å². The number of hydrogen-bond donors (Lipinski definition) is 1. The van der Waals surface area contributed by atoms with Crippen molar-refractivity contribution in [2.75, 3.05) is 6.54 Å². The molecule has 7 nitrogen and oxygen atoms in total. The Morgan fingerprint density at radius 1 is 0.971 bits per heavy atom. The smallest absolute Gasteiger partial charge is 0.317 e. The second kappa shape index (κ2) is 11.3. The van der Waals surface area contributed by atoms with Gasteiger partial charge in [-0.25, -0.2) is 18.2 Å². The normalized spacial score (nSPS) is 11.7. The summed E-state index contributed by atoms with van der Waals surface area (Å²) < 4.78 is 28.5. The van der Waals surface area contributed by atoms with Crippen molar-refractivity contribution in [2.24, 2.45) is 5.92 Å². The lowest BCUT2D eigenvalue weighted by molar-refractivity contribution is 0.183. The van der Waals surface area contributed by atoms with Crippen LogP contribution in [-0.2, 0) is 28.7 Å². The fourth-order valence-electron chi connectivity index (χ4n) is 3.75. The molecule has 0 radical (unpaired) electrons. The summed E-state index contributed by atoms with van der Waals surface area (Å²) in [6, 6.07) is 18.6. The molecular formula is C26H34N4O3S. The van der Waals surface area contributed by atoms with Crippen molar-refractivity contribution in [3.8, 4) is 0 Å². The van der Waals surface area contributed by atoms with Gasteiger partial charge in [-0.3, -0.25) is 0 Å². The number of urea groups is 1. The SMILES string of the molecule is CC(C)CN(Cc1cnc(S(=O)(=O)Cc2ccccc2)n1Cc1ccccc1)C(=O)NC(C)C. The van der Waals surface area contributed by atoms with Gasteiger partial charge in [0.25, 0.3) is 0 Å². The van der Waals surface area contributed by atoms with Crippen molar-refractivity contribution in [2.45, 2.75) is 57.7 Å². The van der Waals surface area contributed by atoms with Gasteiger partial charge in [0.15, 0.2) is 0 Å². The number of imidazole rings is 1. The van der Waals surface area contributed by atoms with Crippen LogP contribution in [0.4, 0.5) is 4.79 Å². The first-order valence-corrected chi connectivity index (χ1v) is 13.2. The Labute approximate surface area is 202 Å². The highest BCUT2D eigenvalue weighted by atomic mass is 32.2. The highest BCUT2D eigenvalue weighted by Crippen LogP contribution is 2.21. The summed E-state index contributed by atoms with van der Waals surface area (Å²) in [6.45, 7) is 9.08. The average Bonchev–Trinajstić information content (AvgIpc) is 3.16. The maximum atomic E-state index is 13.4. The van der Waals surface area contributed by atoms with Crippen LogP contribution in [0.25, 0.3) is 0 Å². The maximum Gasteiger partial charge on any atom is 0.317 e. The van der Waals surface area contributed by atoms with Crippen LogP contribution in [0.3, 0.4) is 0 Å². The van der Waals surface area contributed by atoms with E-state index < -0.39 is 9.84 Å². The third-order valence-electron chi connectivity index (χ3n) is 5.20. The molecule has 1 N–H and O–H groups in total. The van der Waals surface area contributed by atoms with Crippen molar-refractivity contribution < 1.29 is 13.2 Å². The van der Waals surface area contributed by atoms with Crippen LogP contribution in [0.15, 0.2) is 72.0 Å². The number of aromatic nitrogens is 2. The lowest BCUT2D eigenvalue weighted by atomic mass is 10.2. The molecule has 34 heavy (non-hydrogen) atoms. The van der Waals surface area contributed by atoms with Crippen LogP contribution >= 0.6 is 0 Å². The number of sulfone groups is 1. The highest BCUT2D eigenvalue weighted by molar-refractivity contribution is 7.90. The molecule has 0 saturated carbocycles. The van der Waals surface area contributed by atoms with Gasteiger partial charge in [0.05, 0.1) is 30.7 Å². The number of carbonyl (C=O) groups is 1. The Morgan fingerprint density at radius 3 is 2.12 bits per heavy atom. The van der Waals surface area contributed by atoms with Gasteiger partial charge >= 0.3 is 6.03 Å². The summed E-state index contributed by atoms with van der Waals surface area (Å²) >= 11 is 0. The summed E-state index contributed by atoms with van der Waals surface area (Å²) in [5.41, 5.74) is 2.34. The number of rotatable bonds is 10. The summed E-state index contributed by atoms with van der Waals surface area (Å²) in [5, 5.41) is 2.96. The van der Waals surface area contributed by atoms with Gasteiger partial charge in [-0.1, -0.05) is 74.5 Å². The third kappa shape index (κ3) is 6.93. The molecule has 0 spiro atoms. The Hall–Kier alpha value is -3.13. The minimum atomic E-state index is -3.71. The predicted octanol–water partition coefficient (Wildman–Crippen LogP) is 4.48. The molecule has 0 aliphatic rings. The Morgan fingerprint density at radius 2 is 1.56 bits per heavy atom. The summed E-state index contributed by atoms with van der Waals surface area (Å²) in [4.78, 5) is 18.9. The van der Waals surface area contributed by atoms with Crippen LogP contribution in [0.5, 0.6) is 0 Å². The molecule has 0 aliphatic heterocycles. The zero-order valence-electron chi connectivity index (χ0n) is 20.3. The Balaban J connectivity index is 1.99. The molecule has 8 heteroatoms. The molecule has 0 bridgehead atoms. The van der Waals surface area contributed by atoms with Gasteiger partial charge in [0, 0.05) is 12.6 Å². The van der Waals surface area contributed by atoms with E-state index in [-0.39, 0.29) is 35.4 Å². The fraction of sp³-hybridized carbons (Fsp3) is 0.385. The molecule has 182 valence electrons. The van der Waals surface area contributed by atoms with Crippen LogP contribution in [0.2, 0.25) is 0 Å². The second-order valence-corrected chi connectivity index (χ2v) is 11.1. The monoisotopic (exact) mass is 482 g/mol. The number of benzene rings is 2. The molecule has 0 saturated heterocycles. The van der Waals surface area contributed by atoms with Crippen molar-refractivity contribution in [1.82, 2.24) is 19.8 Å². The quantitative estimate of drug-likeness (QED) is 0.462. The van der Waals surface area contributed by atoms with Crippen LogP contribution < -0.4 is 5.32 Å². The summed E-state index contributed by atoms with van der Waals surface area (Å²) in [7, 11) is -3.71. The molecule has 0 atom stereocenters. The van der Waals surface area contributed by atoms with Gasteiger partial charge < -0.3 is 14.8 Å². The topological polar surface area (TPSA) is 84.3 Å². The van der Waals surface area contributed by atoms with Gasteiger partial charge in [-0.05, 0) is 30.9 Å². The maximum absolute atomic E-state index is 13.4. The van der Waals surface area contributed by atoms with E-state index in [2.05, 4.69) is 10.3 Å². The zero-order chi connectivity index (χ0) is 24.7. The van der Waals surface area contributed by atoms with E-state index in [1.165, 1.54) is 0 Å². The summed E-state index contributed by atoms with van der Waals surface area (Å²) in [5.74, 6) is 0.118. The van der Waals surface area contributed by atoms with E-state index in [0.29, 0.717) is 24.3 Å². The molecule has 0 fully saturated rings. The first-order valence-electron chi connectivity index (χ1n) is 11.6. The van der Waals surface area contributed by atoms with E-state index in [0.717, 1.165) is 5.56 Å². The molecular weight excluding hydrogens is 448 g/mol. The van der Waals surface area contributed by atoms with E-state index in [9.17, 15) is 13.2 Å². The molecule has 2 amide bonds. The van der Waals surface area contributed by atoms with Gasteiger partial charge in [0.1, 0.15) is 0 Å². The minimum Gasteiger partial charge on any atom is -0.336 e. The third-order valence-corrected chi connectivity index (χ3v) is 6.80. The minimum absolute atomic E-state index is 0.00166. The van der Waals surface area contributed by atoms with Gasteiger partial charge in [-0.15, -0.1) is 0 Å². The molecule has 1 aromatic heterocycles. The molecule has 3 aromatic rings. The number of carbonyl (C=O) groups excluding carboxylic acids is 1. The lowest BCUT2D eigenvalue weighted by Gasteiger charge is -2.26. The number of nitrogens with one attached hydrogen (secondary N) is 1. The van der Waals surface area contributed by atoms with E-state index in [1.807, 2.05) is 76.2 Å². The molecule has 0 aliphatic carbocycles. The van der Waals surface area contributed by atoms with Crippen molar-refractivity contribution in [1.29, 1.82) is 0 Å². The van der Waals surface area contributed by atoms with Gasteiger partial charge in [-0.2, -0.15) is 0 Å². The molecule has 3 rings (SSSR count). The molecule has 1 heterocycles. The van der Waals surface area contributed by atoms with E-state index in [1.54, 1.807) is 27.8 Å². The fourth-order valence-corrected chi connectivity index (χ4v) is 5.24. The number of amides is 2. The van der Waals surface area contributed by atoms with Crippen LogP contribution in [-0.4, -0.2) is 41.5 Å². The zero-order valence-corrected chi connectivity index (χ0v) is 21.1. The van der Waals surface area contributed by atoms with Crippen LogP contribution in [0, 0.1) is 5.92 Å². The molecule has 0 unspecified atom stereocenters. The predicted molar refractivity (Wildman–Crippen MR) is 134 cm³/mol. The van der Waals surface area contributed by atoms with Crippen molar-refractivity contribution >= 4 is 15.9 Å².